The van der Waals surface area contributed by atoms with Crippen molar-refractivity contribution in [3.63, 3.8) is 0 Å². The first kappa shape index (κ1) is 21.9. The molecule has 3 rings (SSSR count). The van der Waals surface area contributed by atoms with Crippen LogP contribution in [0.25, 0.3) is 11.5 Å². The highest BCUT2D eigenvalue weighted by molar-refractivity contribution is 7.98. The van der Waals surface area contributed by atoms with Gasteiger partial charge in [0.05, 0.1) is 6.61 Å². The third kappa shape index (κ3) is 5.21. The molecular formula is C23H27N3O3S. The molecule has 6 nitrogen and oxygen atoms in total. The summed E-state index contributed by atoms with van der Waals surface area (Å²) in [6.45, 7) is 10.3. The van der Waals surface area contributed by atoms with Crippen molar-refractivity contribution in [3.05, 3.63) is 53.6 Å². The number of ketones is 1. The lowest BCUT2D eigenvalue weighted by atomic mass is 10.1. The topological polar surface area (TPSA) is 68.5 Å². The van der Waals surface area contributed by atoms with E-state index in [1.165, 1.54) is 17.4 Å². The number of ether oxygens (including phenoxy) is 1. The van der Waals surface area contributed by atoms with E-state index in [4.69, 9.17) is 9.15 Å². The summed E-state index contributed by atoms with van der Waals surface area (Å²) < 4.78 is 11.5. The van der Waals surface area contributed by atoms with Crippen LogP contribution < -0.4 is 9.64 Å². The van der Waals surface area contributed by atoms with Gasteiger partial charge in [-0.1, -0.05) is 11.8 Å². The van der Waals surface area contributed by atoms with Gasteiger partial charge in [0, 0.05) is 41.2 Å². The smallest absolute Gasteiger partial charge is 0.277 e. The Morgan fingerprint density at radius 2 is 1.80 bits per heavy atom. The van der Waals surface area contributed by atoms with Crippen molar-refractivity contribution in [2.24, 2.45) is 0 Å². The SMILES string of the molecule is CCOc1ccc(C(C)=O)cc1CSc1nnc(-c2ccc(N(CC)CC)cc2)o1. The van der Waals surface area contributed by atoms with Crippen LogP contribution in [0.5, 0.6) is 5.75 Å². The maximum Gasteiger partial charge on any atom is 0.277 e. The fourth-order valence-electron chi connectivity index (χ4n) is 3.14. The van der Waals surface area contributed by atoms with Gasteiger partial charge in [-0.25, -0.2) is 0 Å². The quantitative estimate of drug-likeness (QED) is 0.315. The van der Waals surface area contributed by atoms with E-state index < -0.39 is 0 Å². The molecule has 1 heterocycles. The third-order valence-corrected chi connectivity index (χ3v) is 5.63. The second-order valence-corrected chi connectivity index (χ2v) is 7.62. The molecule has 0 fully saturated rings. The Morgan fingerprint density at radius 1 is 1.07 bits per heavy atom. The van der Waals surface area contributed by atoms with Crippen molar-refractivity contribution in [2.45, 2.75) is 38.7 Å². The maximum absolute atomic E-state index is 11.7. The third-order valence-electron chi connectivity index (χ3n) is 4.77. The Kier molecular flexibility index (Phi) is 7.52. The second kappa shape index (κ2) is 10.3. The van der Waals surface area contributed by atoms with Crippen LogP contribution >= 0.6 is 11.8 Å². The van der Waals surface area contributed by atoms with E-state index in [0.717, 1.165) is 30.0 Å². The van der Waals surface area contributed by atoms with E-state index in [2.05, 4.69) is 41.1 Å². The first-order valence-electron chi connectivity index (χ1n) is 10.1. The standard InChI is InChI=1S/C23H27N3O3S/c1-5-26(6-2)20-11-8-17(9-12-20)22-24-25-23(29-22)30-15-19-14-18(16(4)27)10-13-21(19)28-7-3/h8-14H,5-7,15H2,1-4H3. The van der Waals surface area contributed by atoms with Crippen LogP contribution in [0.1, 0.15) is 43.6 Å². The monoisotopic (exact) mass is 425 g/mol. The van der Waals surface area contributed by atoms with Gasteiger partial charge in [0.2, 0.25) is 5.89 Å². The molecule has 0 amide bonds. The fourth-order valence-corrected chi connectivity index (χ4v) is 3.88. The molecular weight excluding hydrogens is 398 g/mol. The van der Waals surface area contributed by atoms with Crippen LogP contribution in [0.4, 0.5) is 5.69 Å². The number of anilines is 1. The molecule has 0 aliphatic carbocycles. The fraction of sp³-hybridized carbons (Fsp3) is 0.348. The minimum Gasteiger partial charge on any atom is -0.494 e. The van der Waals surface area contributed by atoms with Crippen LogP contribution in [0.2, 0.25) is 0 Å². The van der Waals surface area contributed by atoms with Crippen molar-refractivity contribution in [1.29, 1.82) is 0 Å². The number of hydrogen-bond acceptors (Lipinski definition) is 7. The Morgan fingerprint density at radius 3 is 2.43 bits per heavy atom. The molecule has 1 aromatic heterocycles. The summed E-state index contributed by atoms with van der Waals surface area (Å²) in [6, 6.07) is 13.6. The lowest BCUT2D eigenvalue weighted by Gasteiger charge is -2.20. The van der Waals surface area contributed by atoms with E-state index in [9.17, 15) is 4.79 Å². The van der Waals surface area contributed by atoms with E-state index >= 15 is 0 Å². The van der Waals surface area contributed by atoms with E-state index in [0.29, 0.717) is 29.0 Å². The van der Waals surface area contributed by atoms with Crippen molar-refractivity contribution in [2.75, 3.05) is 24.6 Å². The molecule has 0 aliphatic rings. The summed E-state index contributed by atoms with van der Waals surface area (Å²) in [6.07, 6.45) is 0. The number of carbonyl (C=O) groups excluding carboxylic acids is 1. The predicted octanol–water partition coefficient (Wildman–Crippen LogP) is 5.48. The van der Waals surface area contributed by atoms with Gasteiger partial charge in [-0.15, -0.1) is 10.2 Å². The number of benzene rings is 2. The number of Topliss-reactive ketones (excluding diaryl/α,β-unsaturated/α-hetero) is 1. The first-order valence-corrected chi connectivity index (χ1v) is 11.1. The molecule has 0 N–H and O–H groups in total. The molecule has 0 unspecified atom stereocenters. The van der Waals surface area contributed by atoms with Gasteiger partial charge < -0.3 is 14.1 Å². The van der Waals surface area contributed by atoms with Gasteiger partial charge >= 0.3 is 0 Å². The van der Waals surface area contributed by atoms with Crippen LogP contribution in [0.3, 0.4) is 0 Å². The molecule has 30 heavy (non-hydrogen) atoms. The highest BCUT2D eigenvalue weighted by Crippen LogP contribution is 2.30. The van der Waals surface area contributed by atoms with Gasteiger partial charge in [-0.2, -0.15) is 0 Å². The lowest BCUT2D eigenvalue weighted by Crippen LogP contribution is -2.21. The number of hydrogen-bond donors (Lipinski definition) is 0. The molecule has 3 aromatic rings. The summed E-state index contributed by atoms with van der Waals surface area (Å²) >= 11 is 1.42. The minimum atomic E-state index is 0.0255. The molecule has 0 spiro atoms. The normalized spacial score (nSPS) is 10.8. The van der Waals surface area contributed by atoms with Crippen molar-refractivity contribution < 1.29 is 13.9 Å². The van der Waals surface area contributed by atoms with Crippen LogP contribution in [0.15, 0.2) is 52.1 Å². The highest BCUT2D eigenvalue weighted by Gasteiger charge is 2.13. The number of carbonyl (C=O) groups is 1. The Balaban J connectivity index is 1.72. The number of nitrogens with zero attached hydrogens (tertiary/aromatic N) is 3. The van der Waals surface area contributed by atoms with Gasteiger partial charge in [-0.3, -0.25) is 4.79 Å². The average molecular weight is 426 g/mol. The summed E-state index contributed by atoms with van der Waals surface area (Å²) in [4.78, 5) is 14.0. The summed E-state index contributed by atoms with van der Waals surface area (Å²) in [5, 5.41) is 8.82. The van der Waals surface area contributed by atoms with Gasteiger partial charge in [0.25, 0.3) is 5.22 Å². The van der Waals surface area contributed by atoms with E-state index in [-0.39, 0.29) is 5.78 Å². The summed E-state index contributed by atoms with van der Waals surface area (Å²) in [5.41, 5.74) is 3.65. The molecule has 0 saturated heterocycles. The summed E-state index contributed by atoms with van der Waals surface area (Å²) in [5.74, 6) is 1.85. The van der Waals surface area contributed by atoms with Gasteiger partial charge in [-0.05, 0) is 70.2 Å². The molecule has 0 saturated carbocycles. The molecule has 0 atom stereocenters. The highest BCUT2D eigenvalue weighted by atomic mass is 32.2. The van der Waals surface area contributed by atoms with Crippen molar-refractivity contribution >= 4 is 23.2 Å². The summed E-state index contributed by atoms with van der Waals surface area (Å²) in [7, 11) is 0. The second-order valence-electron chi connectivity index (χ2n) is 6.69. The van der Waals surface area contributed by atoms with Crippen LogP contribution in [0, 0.1) is 0 Å². The van der Waals surface area contributed by atoms with Gasteiger partial charge in [0.1, 0.15) is 5.75 Å². The molecule has 0 aliphatic heterocycles. The molecule has 2 aromatic carbocycles. The van der Waals surface area contributed by atoms with E-state index in [1.54, 1.807) is 13.0 Å². The predicted molar refractivity (Wildman–Crippen MR) is 120 cm³/mol. The van der Waals surface area contributed by atoms with Crippen molar-refractivity contribution in [3.8, 4) is 17.2 Å². The number of aromatic nitrogens is 2. The Bertz CT molecular complexity index is 982. The van der Waals surface area contributed by atoms with Gasteiger partial charge in [0.15, 0.2) is 5.78 Å². The molecule has 158 valence electrons. The zero-order chi connectivity index (χ0) is 21.5. The molecule has 7 heteroatoms. The van der Waals surface area contributed by atoms with Crippen LogP contribution in [-0.4, -0.2) is 35.7 Å². The number of rotatable bonds is 10. The van der Waals surface area contributed by atoms with Crippen LogP contribution in [-0.2, 0) is 5.75 Å². The number of thioether (sulfide) groups is 1. The van der Waals surface area contributed by atoms with Crippen molar-refractivity contribution in [1.82, 2.24) is 10.2 Å². The lowest BCUT2D eigenvalue weighted by molar-refractivity contribution is 0.101. The average Bonchev–Trinajstić information content (AvgIpc) is 3.23. The zero-order valence-electron chi connectivity index (χ0n) is 17.8. The Hall–Kier alpha value is -2.80. The first-order chi connectivity index (χ1) is 14.5. The minimum absolute atomic E-state index is 0.0255. The maximum atomic E-state index is 11.7. The largest absolute Gasteiger partial charge is 0.494 e. The molecule has 0 radical (unpaired) electrons. The molecule has 0 bridgehead atoms. The Labute approximate surface area is 181 Å². The zero-order valence-corrected chi connectivity index (χ0v) is 18.7. The van der Waals surface area contributed by atoms with E-state index in [1.807, 2.05) is 31.2 Å².